The molecule has 4 heteroatoms. The van der Waals surface area contributed by atoms with Gasteiger partial charge in [0, 0.05) is 6.04 Å². The second-order valence-electron chi connectivity index (χ2n) is 5.61. The van der Waals surface area contributed by atoms with Crippen LogP contribution in [0, 0.1) is 6.92 Å². The van der Waals surface area contributed by atoms with Crippen molar-refractivity contribution in [3.05, 3.63) is 47.3 Å². The Kier molecular flexibility index (Phi) is 5.04. The third kappa shape index (κ3) is 4.25. The number of hydrogen-bond acceptors (Lipinski definition) is 4. The van der Waals surface area contributed by atoms with E-state index in [1.54, 1.807) is 6.26 Å². The summed E-state index contributed by atoms with van der Waals surface area (Å²) in [5.74, 6) is 3.00. The van der Waals surface area contributed by atoms with Crippen LogP contribution in [-0.4, -0.2) is 18.0 Å². The van der Waals surface area contributed by atoms with E-state index in [0.29, 0.717) is 6.04 Å². The summed E-state index contributed by atoms with van der Waals surface area (Å²) >= 11 is 0. The fraction of sp³-hybridized carbons (Fsp3) is 0.500. The number of rotatable bonds is 7. The van der Waals surface area contributed by atoms with Crippen LogP contribution in [0.2, 0.25) is 0 Å². The number of nitrogens with one attached hydrogen (secondary N) is 1. The first kappa shape index (κ1) is 14.9. The third-order valence-electron chi connectivity index (χ3n) is 3.17. The third-order valence-corrected chi connectivity index (χ3v) is 3.17. The van der Waals surface area contributed by atoms with Gasteiger partial charge in [-0.15, -0.1) is 0 Å². The van der Waals surface area contributed by atoms with E-state index < -0.39 is 0 Å². The number of furan rings is 2. The normalized spacial score (nSPS) is 11.7. The first-order valence-electron chi connectivity index (χ1n) is 7.07. The fourth-order valence-electron chi connectivity index (χ4n) is 2.13. The largest absolute Gasteiger partial charge is 0.468 e. The predicted molar refractivity (Wildman–Crippen MR) is 79.3 cm³/mol. The minimum atomic E-state index is 0.463. The van der Waals surface area contributed by atoms with Crippen molar-refractivity contribution in [3.8, 4) is 0 Å². The van der Waals surface area contributed by atoms with Crippen LogP contribution in [0.15, 0.2) is 33.3 Å². The lowest BCUT2D eigenvalue weighted by Gasteiger charge is -2.13. The second kappa shape index (κ2) is 6.77. The van der Waals surface area contributed by atoms with Crippen molar-refractivity contribution in [2.75, 3.05) is 7.05 Å². The zero-order valence-electron chi connectivity index (χ0n) is 12.8. The van der Waals surface area contributed by atoms with E-state index in [4.69, 9.17) is 8.83 Å². The molecule has 2 rings (SSSR count). The zero-order valence-corrected chi connectivity index (χ0v) is 12.8. The highest BCUT2D eigenvalue weighted by Crippen LogP contribution is 2.17. The summed E-state index contributed by atoms with van der Waals surface area (Å²) in [6.07, 6.45) is 1.70. The maximum Gasteiger partial charge on any atom is 0.120 e. The Bertz CT molecular complexity index is 515. The van der Waals surface area contributed by atoms with Crippen LogP contribution in [0.25, 0.3) is 0 Å². The van der Waals surface area contributed by atoms with Gasteiger partial charge in [0.2, 0.25) is 0 Å². The minimum Gasteiger partial charge on any atom is -0.468 e. The molecule has 0 amide bonds. The van der Waals surface area contributed by atoms with Gasteiger partial charge < -0.3 is 14.2 Å². The van der Waals surface area contributed by atoms with Crippen molar-refractivity contribution in [1.82, 2.24) is 10.2 Å². The van der Waals surface area contributed by atoms with Crippen molar-refractivity contribution >= 4 is 0 Å². The Balaban J connectivity index is 1.90. The van der Waals surface area contributed by atoms with Gasteiger partial charge in [-0.25, -0.2) is 0 Å². The Morgan fingerprint density at radius 2 is 2.00 bits per heavy atom. The summed E-state index contributed by atoms with van der Waals surface area (Å²) < 4.78 is 11.3. The van der Waals surface area contributed by atoms with Crippen LogP contribution >= 0.6 is 0 Å². The standard InChI is InChI=1S/C16H24N2O2/c1-12(2)17-9-16-13(3)8-15(20-16)11-18(4)10-14-6-5-7-19-14/h5-8,12,17H,9-11H2,1-4H3. The molecule has 0 aromatic carbocycles. The molecule has 0 aliphatic heterocycles. The number of hydrogen-bond donors (Lipinski definition) is 1. The van der Waals surface area contributed by atoms with Gasteiger partial charge in [0.15, 0.2) is 0 Å². The average Bonchev–Trinajstić information content (AvgIpc) is 2.97. The molecule has 0 spiro atoms. The van der Waals surface area contributed by atoms with Crippen molar-refractivity contribution in [3.63, 3.8) is 0 Å². The van der Waals surface area contributed by atoms with Crippen molar-refractivity contribution in [2.24, 2.45) is 0 Å². The van der Waals surface area contributed by atoms with E-state index in [1.165, 1.54) is 5.56 Å². The van der Waals surface area contributed by atoms with E-state index in [2.05, 4.69) is 44.1 Å². The molecule has 0 saturated carbocycles. The van der Waals surface area contributed by atoms with Gasteiger partial charge >= 0.3 is 0 Å². The molecule has 0 saturated heterocycles. The van der Waals surface area contributed by atoms with Gasteiger partial charge in [-0.3, -0.25) is 4.90 Å². The Morgan fingerprint density at radius 3 is 2.65 bits per heavy atom. The van der Waals surface area contributed by atoms with Crippen LogP contribution in [0.4, 0.5) is 0 Å². The summed E-state index contributed by atoms with van der Waals surface area (Å²) in [5.41, 5.74) is 1.21. The molecule has 110 valence electrons. The van der Waals surface area contributed by atoms with E-state index >= 15 is 0 Å². The highest BCUT2D eigenvalue weighted by Gasteiger charge is 2.11. The summed E-state index contributed by atoms with van der Waals surface area (Å²) in [7, 11) is 2.06. The molecule has 0 aliphatic carbocycles. The first-order valence-corrected chi connectivity index (χ1v) is 7.07. The Hall–Kier alpha value is -1.52. The molecule has 1 N–H and O–H groups in total. The van der Waals surface area contributed by atoms with Crippen LogP contribution in [0.5, 0.6) is 0 Å². The van der Waals surface area contributed by atoms with Crippen molar-refractivity contribution in [1.29, 1.82) is 0 Å². The smallest absolute Gasteiger partial charge is 0.120 e. The van der Waals surface area contributed by atoms with E-state index in [1.807, 2.05) is 12.1 Å². The molecular formula is C16H24N2O2. The minimum absolute atomic E-state index is 0.463. The summed E-state index contributed by atoms with van der Waals surface area (Å²) in [5, 5.41) is 3.38. The summed E-state index contributed by atoms with van der Waals surface area (Å²) in [6, 6.07) is 6.48. The van der Waals surface area contributed by atoms with Crippen LogP contribution in [0.3, 0.4) is 0 Å². The molecule has 0 radical (unpaired) electrons. The highest BCUT2D eigenvalue weighted by molar-refractivity contribution is 5.20. The topological polar surface area (TPSA) is 41.6 Å². The Labute approximate surface area is 120 Å². The monoisotopic (exact) mass is 276 g/mol. The Morgan fingerprint density at radius 1 is 1.25 bits per heavy atom. The molecule has 2 aromatic heterocycles. The molecule has 0 fully saturated rings. The van der Waals surface area contributed by atoms with E-state index in [-0.39, 0.29) is 0 Å². The second-order valence-corrected chi connectivity index (χ2v) is 5.61. The SMILES string of the molecule is Cc1cc(CN(C)Cc2ccco2)oc1CNC(C)C. The summed E-state index contributed by atoms with van der Waals surface area (Å²) in [4.78, 5) is 2.18. The van der Waals surface area contributed by atoms with Crippen LogP contribution < -0.4 is 5.32 Å². The first-order chi connectivity index (χ1) is 9.54. The van der Waals surface area contributed by atoms with Crippen LogP contribution in [0.1, 0.15) is 36.7 Å². The van der Waals surface area contributed by atoms with Crippen LogP contribution in [-0.2, 0) is 19.6 Å². The van der Waals surface area contributed by atoms with Gasteiger partial charge in [-0.05, 0) is 37.7 Å². The van der Waals surface area contributed by atoms with Gasteiger partial charge in [-0.2, -0.15) is 0 Å². The lowest BCUT2D eigenvalue weighted by Crippen LogP contribution is -2.21. The molecule has 4 nitrogen and oxygen atoms in total. The van der Waals surface area contributed by atoms with Gasteiger partial charge in [0.25, 0.3) is 0 Å². The number of aryl methyl sites for hydroxylation is 1. The molecule has 20 heavy (non-hydrogen) atoms. The predicted octanol–water partition coefficient (Wildman–Crippen LogP) is 3.31. The number of nitrogens with zero attached hydrogens (tertiary/aromatic N) is 1. The quantitative estimate of drug-likeness (QED) is 0.842. The lowest BCUT2D eigenvalue weighted by molar-refractivity contribution is 0.260. The average molecular weight is 276 g/mol. The van der Waals surface area contributed by atoms with Crippen molar-refractivity contribution < 1.29 is 8.83 Å². The molecule has 0 atom stereocenters. The molecule has 2 heterocycles. The molecule has 0 bridgehead atoms. The molecule has 0 aliphatic rings. The zero-order chi connectivity index (χ0) is 14.5. The lowest BCUT2D eigenvalue weighted by atomic mass is 10.2. The molecule has 0 unspecified atom stereocenters. The van der Waals surface area contributed by atoms with Gasteiger partial charge in [0.05, 0.1) is 25.9 Å². The van der Waals surface area contributed by atoms with Gasteiger partial charge in [0.1, 0.15) is 17.3 Å². The van der Waals surface area contributed by atoms with Crippen molar-refractivity contribution in [2.45, 2.75) is 46.4 Å². The maximum absolute atomic E-state index is 5.92. The fourth-order valence-corrected chi connectivity index (χ4v) is 2.13. The highest BCUT2D eigenvalue weighted by atomic mass is 16.3. The van der Waals surface area contributed by atoms with Gasteiger partial charge in [-0.1, -0.05) is 13.8 Å². The molecular weight excluding hydrogens is 252 g/mol. The van der Waals surface area contributed by atoms with E-state index in [9.17, 15) is 0 Å². The summed E-state index contributed by atoms with van der Waals surface area (Å²) in [6.45, 7) is 8.71. The molecule has 2 aromatic rings. The maximum atomic E-state index is 5.92. The van der Waals surface area contributed by atoms with E-state index in [0.717, 1.165) is 36.9 Å².